The van der Waals surface area contributed by atoms with Crippen molar-refractivity contribution in [1.82, 2.24) is 9.97 Å². The third-order valence-electron chi connectivity index (χ3n) is 3.66. The first-order valence-corrected chi connectivity index (χ1v) is 6.31. The van der Waals surface area contributed by atoms with Crippen LogP contribution in [0.25, 0.3) is 0 Å². The molecule has 1 aliphatic carbocycles. The topological polar surface area (TPSA) is 49.8 Å². The zero-order valence-corrected chi connectivity index (χ0v) is 11.2. The van der Waals surface area contributed by atoms with Gasteiger partial charge in [-0.05, 0) is 25.2 Å². The molecule has 0 amide bonds. The van der Waals surface area contributed by atoms with Gasteiger partial charge >= 0.3 is 0 Å². The van der Waals surface area contributed by atoms with E-state index >= 15 is 0 Å². The molecule has 0 bridgehead atoms. The summed E-state index contributed by atoms with van der Waals surface area (Å²) in [7, 11) is 1.85. The minimum Gasteiger partial charge on any atom is -0.367 e. The Hall–Kier alpha value is -1.32. The predicted octanol–water partition coefficient (Wildman–Crippen LogP) is 2.82. The molecule has 1 aromatic rings. The zero-order valence-electron chi connectivity index (χ0n) is 11.2. The lowest BCUT2D eigenvalue weighted by molar-refractivity contribution is 0.349. The van der Waals surface area contributed by atoms with E-state index in [9.17, 15) is 0 Å². The highest BCUT2D eigenvalue weighted by Gasteiger charge is 2.34. The van der Waals surface area contributed by atoms with Crippen LogP contribution in [0.3, 0.4) is 0 Å². The van der Waals surface area contributed by atoms with Gasteiger partial charge in [-0.2, -0.15) is 4.98 Å². The van der Waals surface area contributed by atoms with Gasteiger partial charge in [0.05, 0.1) is 0 Å². The Labute approximate surface area is 103 Å². The Kier molecular flexibility index (Phi) is 3.22. The molecule has 4 heteroatoms. The summed E-state index contributed by atoms with van der Waals surface area (Å²) < 4.78 is 0. The van der Waals surface area contributed by atoms with Crippen LogP contribution in [-0.2, 0) is 0 Å². The molecule has 0 spiro atoms. The van der Waals surface area contributed by atoms with Crippen molar-refractivity contribution < 1.29 is 0 Å². The number of nitrogens with zero attached hydrogens (tertiary/aromatic N) is 2. The molecule has 94 valence electrons. The first-order chi connectivity index (χ1) is 8.01. The third-order valence-corrected chi connectivity index (χ3v) is 3.66. The molecule has 17 heavy (non-hydrogen) atoms. The normalized spacial score (nSPS) is 22.5. The van der Waals surface area contributed by atoms with Gasteiger partial charge in [-0.3, -0.25) is 0 Å². The highest BCUT2D eigenvalue weighted by molar-refractivity contribution is 5.43. The smallest absolute Gasteiger partial charge is 0.224 e. The van der Waals surface area contributed by atoms with E-state index < -0.39 is 0 Å². The molecule has 1 fully saturated rings. The van der Waals surface area contributed by atoms with Crippen molar-refractivity contribution in [3.8, 4) is 0 Å². The number of aryl methyl sites for hydroxylation is 1. The molecule has 2 rings (SSSR count). The quantitative estimate of drug-likeness (QED) is 0.844. The Bertz CT molecular complexity index is 400. The molecule has 1 saturated carbocycles. The molecule has 4 nitrogen and oxygen atoms in total. The fraction of sp³-hybridized carbons (Fsp3) is 0.692. The number of nitrogens with one attached hydrogen (secondary N) is 2. The van der Waals surface area contributed by atoms with Crippen LogP contribution < -0.4 is 10.6 Å². The number of hydrogen-bond acceptors (Lipinski definition) is 4. The van der Waals surface area contributed by atoms with Crippen molar-refractivity contribution in [2.45, 2.75) is 46.1 Å². The van der Waals surface area contributed by atoms with Crippen LogP contribution in [0.2, 0.25) is 0 Å². The fourth-order valence-electron chi connectivity index (χ4n) is 2.53. The second kappa shape index (κ2) is 4.51. The van der Waals surface area contributed by atoms with Crippen LogP contribution in [0.15, 0.2) is 6.07 Å². The molecule has 1 atom stereocenters. The fourth-order valence-corrected chi connectivity index (χ4v) is 2.53. The van der Waals surface area contributed by atoms with E-state index in [1.54, 1.807) is 0 Å². The van der Waals surface area contributed by atoms with Gasteiger partial charge in [0.1, 0.15) is 5.82 Å². The average molecular weight is 234 g/mol. The van der Waals surface area contributed by atoms with E-state index in [-0.39, 0.29) is 0 Å². The monoisotopic (exact) mass is 234 g/mol. The van der Waals surface area contributed by atoms with Crippen molar-refractivity contribution in [2.24, 2.45) is 5.41 Å². The van der Waals surface area contributed by atoms with E-state index in [2.05, 4.69) is 34.4 Å². The summed E-state index contributed by atoms with van der Waals surface area (Å²) in [6, 6.07) is 2.52. The number of hydrogen-bond donors (Lipinski definition) is 2. The van der Waals surface area contributed by atoms with Crippen LogP contribution in [0.5, 0.6) is 0 Å². The summed E-state index contributed by atoms with van der Waals surface area (Å²) in [6.07, 6.45) is 3.81. The molecular formula is C13H22N4. The molecule has 0 radical (unpaired) electrons. The number of rotatable bonds is 3. The van der Waals surface area contributed by atoms with Gasteiger partial charge in [-0.1, -0.05) is 20.3 Å². The van der Waals surface area contributed by atoms with Crippen LogP contribution in [0.1, 0.15) is 38.8 Å². The SMILES string of the molecule is CNc1nc(C)cc(NC2CCCC2(C)C)n1. The van der Waals surface area contributed by atoms with Gasteiger partial charge in [0, 0.05) is 24.8 Å². The lowest BCUT2D eigenvalue weighted by atomic mass is 9.87. The summed E-state index contributed by atoms with van der Waals surface area (Å²) in [5.74, 6) is 1.62. The van der Waals surface area contributed by atoms with E-state index in [1.165, 1.54) is 19.3 Å². The maximum absolute atomic E-state index is 4.45. The van der Waals surface area contributed by atoms with Crippen molar-refractivity contribution in [1.29, 1.82) is 0 Å². The summed E-state index contributed by atoms with van der Waals surface area (Å²) in [5.41, 5.74) is 1.35. The largest absolute Gasteiger partial charge is 0.367 e. The van der Waals surface area contributed by atoms with Gasteiger partial charge in [0.25, 0.3) is 0 Å². The highest BCUT2D eigenvalue weighted by Crippen LogP contribution is 2.38. The van der Waals surface area contributed by atoms with Crippen LogP contribution >= 0.6 is 0 Å². The Balaban J connectivity index is 2.15. The summed E-state index contributed by atoms with van der Waals surface area (Å²) in [6.45, 7) is 6.64. The van der Waals surface area contributed by atoms with Crippen LogP contribution in [-0.4, -0.2) is 23.1 Å². The first-order valence-electron chi connectivity index (χ1n) is 6.31. The molecule has 1 aromatic heterocycles. The van der Waals surface area contributed by atoms with E-state index in [4.69, 9.17) is 0 Å². The lowest BCUT2D eigenvalue weighted by Crippen LogP contribution is -2.31. The van der Waals surface area contributed by atoms with Crippen molar-refractivity contribution in [3.63, 3.8) is 0 Å². The standard InChI is InChI=1S/C13H22N4/c1-9-8-11(17-12(14-4)15-9)16-10-6-5-7-13(10,2)3/h8,10H,5-7H2,1-4H3,(H2,14,15,16,17). The van der Waals surface area contributed by atoms with E-state index in [1.807, 2.05) is 20.0 Å². The maximum Gasteiger partial charge on any atom is 0.224 e. The van der Waals surface area contributed by atoms with Crippen molar-refractivity contribution in [2.75, 3.05) is 17.7 Å². The molecule has 1 aliphatic rings. The molecule has 0 aromatic carbocycles. The highest BCUT2D eigenvalue weighted by atomic mass is 15.1. The average Bonchev–Trinajstić information content (AvgIpc) is 2.57. The van der Waals surface area contributed by atoms with E-state index in [0.29, 0.717) is 17.4 Å². The third kappa shape index (κ3) is 2.68. The molecular weight excluding hydrogens is 212 g/mol. The molecule has 1 unspecified atom stereocenters. The Morgan fingerprint density at radius 3 is 2.71 bits per heavy atom. The Morgan fingerprint density at radius 1 is 1.35 bits per heavy atom. The van der Waals surface area contributed by atoms with Crippen LogP contribution in [0.4, 0.5) is 11.8 Å². The summed E-state index contributed by atoms with van der Waals surface area (Å²) in [5, 5.41) is 6.55. The van der Waals surface area contributed by atoms with Gasteiger partial charge in [-0.25, -0.2) is 4.98 Å². The van der Waals surface area contributed by atoms with Crippen molar-refractivity contribution in [3.05, 3.63) is 11.8 Å². The zero-order chi connectivity index (χ0) is 12.5. The lowest BCUT2D eigenvalue weighted by Gasteiger charge is -2.28. The number of anilines is 2. The summed E-state index contributed by atoms with van der Waals surface area (Å²) >= 11 is 0. The molecule has 1 heterocycles. The minimum absolute atomic E-state index is 0.360. The van der Waals surface area contributed by atoms with Gasteiger partial charge in [-0.15, -0.1) is 0 Å². The molecule has 0 saturated heterocycles. The second-order valence-corrected chi connectivity index (χ2v) is 5.55. The van der Waals surface area contributed by atoms with Crippen LogP contribution in [0, 0.1) is 12.3 Å². The molecule has 2 N–H and O–H groups in total. The van der Waals surface area contributed by atoms with Gasteiger partial charge < -0.3 is 10.6 Å². The Morgan fingerprint density at radius 2 is 2.12 bits per heavy atom. The maximum atomic E-state index is 4.45. The predicted molar refractivity (Wildman–Crippen MR) is 71.4 cm³/mol. The minimum atomic E-state index is 0.360. The van der Waals surface area contributed by atoms with Crippen molar-refractivity contribution >= 4 is 11.8 Å². The van der Waals surface area contributed by atoms with E-state index in [0.717, 1.165) is 11.5 Å². The number of aromatic nitrogens is 2. The van der Waals surface area contributed by atoms with Gasteiger partial charge in [0.15, 0.2) is 0 Å². The second-order valence-electron chi connectivity index (χ2n) is 5.55. The first kappa shape index (κ1) is 12.1. The van der Waals surface area contributed by atoms with Gasteiger partial charge in [0.2, 0.25) is 5.95 Å². The molecule has 0 aliphatic heterocycles. The summed E-state index contributed by atoms with van der Waals surface area (Å²) in [4.78, 5) is 8.75.